The molecule has 0 aliphatic heterocycles. The van der Waals surface area contributed by atoms with Crippen LogP contribution in [0.2, 0.25) is 0 Å². The van der Waals surface area contributed by atoms with Crippen molar-refractivity contribution >= 4 is 50.7 Å². The van der Waals surface area contributed by atoms with Crippen molar-refractivity contribution in [3.63, 3.8) is 0 Å². The van der Waals surface area contributed by atoms with Gasteiger partial charge >= 0.3 is 16.4 Å². The Balaban J connectivity index is 1.59. The minimum absolute atomic E-state index is 0.188. The van der Waals surface area contributed by atoms with Crippen LogP contribution in [0, 0.1) is 11.4 Å². The van der Waals surface area contributed by atoms with Crippen LogP contribution in [0.3, 0.4) is 0 Å². The molecular formula is C26H24N4O6S3. The summed E-state index contributed by atoms with van der Waals surface area (Å²) < 4.78 is 38.0. The molecule has 4 aromatic rings. The topological polar surface area (TPSA) is 147 Å². The molecule has 2 aromatic heterocycles. The molecule has 0 radical (unpaired) electrons. The fraction of sp³-hybridized carbons (Fsp3) is 0.192. The van der Waals surface area contributed by atoms with Gasteiger partial charge in [-0.25, -0.2) is 9.78 Å². The van der Waals surface area contributed by atoms with Crippen molar-refractivity contribution in [3.05, 3.63) is 94.3 Å². The second-order valence-electron chi connectivity index (χ2n) is 8.35. The molecule has 4 rings (SSSR count). The fourth-order valence-corrected chi connectivity index (χ4v) is 5.69. The average molecular weight is 585 g/mol. The molecule has 202 valence electrons. The van der Waals surface area contributed by atoms with Crippen LogP contribution in [0.1, 0.15) is 22.9 Å². The largest absolute Gasteiger partial charge is 0.453 e. The number of thiazole rings is 1. The van der Waals surface area contributed by atoms with Crippen LogP contribution in [0.5, 0.6) is 0 Å². The van der Waals surface area contributed by atoms with Gasteiger partial charge < -0.3 is 15.4 Å². The number of hydrogen-bond donors (Lipinski definition) is 4. The first-order valence-electron chi connectivity index (χ1n) is 11.6. The molecule has 0 saturated carbocycles. The predicted molar refractivity (Wildman–Crippen MR) is 149 cm³/mol. The van der Waals surface area contributed by atoms with Gasteiger partial charge in [0.15, 0.2) is 0 Å². The Morgan fingerprint density at radius 1 is 1.05 bits per heavy atom. The van der Waals surface area contributed by atoms with Crippen LogP contribution >= 0.6 is 22.7 Å². The highest BCUT2D eigenvalue weighted by Crippen LogP contribution is 2.30. The third kappa shape index (κ3) is 8.26. The number of rotatable bonds is 11. The van der Waals surface area contributed by atoms with Crippen LogP contribution in [0.15, 0.2) is 66.0 Å². The maximum absolute atomic E-state index is 13.5. The normalized spacial score (nSPS) is 12.6. The molecule has 2 amide bonds. The van der Waals surface area contributed by atoms with Gasteiger partial charge in [0.2, 0.25) is 5.91 Å². The standard InChI is InChI=1S/C26H24N4O6S3/c1-36-26(32)29-21(15-17-6-3-2-4-7-17)24(31)27-20(22-16-38-25(28-22)23-8-5-13-37-23)14-18-9-11-19(12-10-18)30-39(33,34)35/h2-4,6-12,16,20-21,30H,14-15H2,1H3,(H,27,31)(H,29,32)(H,33,34,35)/t20-,21-/m0/s1. The van der Waals surface area contributed by atoms with Crippen molar-refractivity contribution in [2.45, 2.75) is 24.9 Å². The Hall–Kier alpha value is -3.96. The number of anilines is 1. The third-order valence-corrected chi connectivity index (χ3v) is 7.81. The van der Waals surface area contributed by atoms with Crippen LogP contribution in [-0.4, -0.2) is 43.1 Å². The third-order valence-electron chi connectivity index (χ3n) is 5.55. The Kier molecular flexibility index (Phi) is 9.15. The van der Waals surface area contributed by atoms with Gasteiger partial charge in [0.25, 0.3) is 0 Å². The van der Waals surface area contributed by atoms with E-state index in [1.165, 1.54) is 41.9 Å². The maximum Gasteiger partial charge on any atom is 0.407 e. The molecule has 2 atom stereocenters. The average Bonchev–Trinajstić information content (AvgIpc) is 3.61. The van der Waals surface area contributed by atoms with E-state index in [0.717, 1.165) is 21.0 Å². The van der Waals surface area contributed by atoms with E-state index in [-0.39, 0.29) is 12.1 Å². The molecule has 0 aliphatic rings. The number of amides is 2. The van der Waals surface area contributed by atoms with Gasteiger partial charge in [-0.1, -0.05) is 59.9 Å². The number of alkyl carbamates (subject to hydrolysis) is 1. The van der Waals surface area contributed by atoms with Crippen LogP contribution in [0.4, 0.5) is 10.5 Å². The second kappa shape index (κ2) is 12.7. The summed E-state index contributed by atoms with van der Waals surface area (Å²) in [6, 6.07) is 18.8. The van der Waals surface area contributed by atoms with E-state index in [1.807, 2.05) is 40.4 Å². The van der Waals surface area contributed by atoms with Crippen molar-refractivity contribution in [2.75, 3.05) is 11.8 Å². The minimum atomic E-state index is -4.40. The molecule has 2 heterocycles. The molecule has 0 unspecified atom stereocenters. The number of nitrogens with one attached hydrogen (secondary N) is 3. The van der Waals surface area contributed by atoms with Gasteiger partial charge in [-0.15, -0.1) is 11.3 Å². The highest BCUT2D eigenvalue weighted by Gasteiger charge is 2.26. The first-order chi connectivity index (χ1) is 18.7. The second-order valence-corrected chi connectivity index (χ2v) is 11.2. The summed E-state index contributed by atoms with van der Waals surface area (Å²) in [4.78, 5) is 31.2. The van der Waals surface area contributed by atoms with Gasteiger partial charge in [-0.2, -0.15) is 8.42 Å². The molecule has 4 N–H and O–H groups in total. The summed E-state index contributed by atoms with van der Waals surface area (Å²) in [6.45, 7) is 0. The Labute approximate surface area is 234 Å². The fourth-order valence-electron chi connectivity index (χ4n) is 3.73. The van der Waals surface area contributed by atoms with E-state index in [1.54, 1.807) is 18.2 Å². The zero-order valence-electron chi connectivity index (χ0n) is 20.6. The summed E-state index contributed by atoms with van der Waals surface area (Å²) in [6.07, 6.45) is -0.168. The molecule has 0 fully saturated rings. The van der Waals surface area contributed by atoms with Crippen LogP contribution in [0.25, 0.3) is 9.88 Å². The summed E-state index contributed by atoms with van der Waals surface area (Å²) in [7, 11) is -3.17. The summed E-state index contributed by atoms with van der Waals surface area (Å²) in [5, 5.41) is 11.1. The predicted octanol–water partition coefficient (Wildman–Crippen LogP) is 4.05. The number of methoxy groups -OCH3 is 1. The number of carbonyl (C=O) groups excluding carboxylic acids is 2. The van der Waals surface area contributed by atoms with E-state index >= 15 is 0 Å². The van der Waals surface area contributed by atoms with E-state index in [0.29, 0.717) is 12.1 Å². The molecule has 0 saturated heterocycles. The smallest absolute Gasteiger partial charge is 0.407 e. The first kappa shape index (κ1) is 28.1. The zero-order chi connectivity index (χ0) is 27.8. The summed E-state index contributed by atoms with van der Waals surface area (Å²) in [5.41, 5.74) is 2.43. The van der Waals surface area contributed by atoms with E-state index < -0.39 is 34.4 Å². The lowest BCUT2D eigenvalue weighted by atomic mass is 10.0. The van der Waals surface area contributed by atoms with E-state index in [2.05, 4.69) is 22.1 Å². The van der Waals surface area contributed by atoms with E-state index in [9.17, 15) is 18.0 Å². The number of benzene rings is 2. The summed E-state index contributed by atoms with van der Waals surface area (Å²) in [5.74, 6) is -0.425. The van der Waals surface area contributed by atoms with Crippen LogP contribution in [-0.2, 0) is 32.7 Å². The maximum atomic E-state index is 13.5. The molecule has 2 aromatic carbocycles. The number of aromatic nitrogens is 1. The monoisotopic (exact) mass is 584 g/mol. The van der Waals surface area contributed by atoms with Gasteiger partial charge in [0.05, 0.1) is 29.4 Å². The summed E-state index contributed by atoms with van der Waals surface area (Å²) >= 11 is 2.80. The van der Waals surface area contributed by atoms with Gasteiger partial charge in [0.1, 0.15) is 11.0 Å². The first-order valence-corrected chi connectivity index (χ1v) is 14.7. The number of ether oxygens (including phenoxy) is 1. The highest BCUT2D eigenvalue weighted by atomic mass is 32.2. The lowest BCUT2D eigenvalue weighted by Gasteiger charge is -2.23. The van der Waals surface area contributed by atoms with Crippen molar-refractivity contribution in [2.24, 2.45) is 0 Å². The zero-order valence-corrected chi connectivity index (χ0v) is 23.0. The number of hydrogen-bond acceptors (Lipinski definition) is 8. The quantitative estimate of drug-likeness (QED) is 0.195. The minimum Gasteiger partial charge on any atom is -0.453 e. The van der Waals surface area contributed by atoms with E-state index in [4.69, 9.17) is 14.3 Å². The Morgan fingerprint density at radius 2 is 1.77 bits per heavy atom. The number of nitrogens with zero attached hydrogens (tertiary/aromatic N) is 1. The van der Waals surface area contributed by atoms with Crippen molar-refractivity contribution in [3.8, 4) is 9.88 Å². The molecular weight excluding hydrogens is 561 g/mol. The van der Waals surface area contributed by atoms with Gasteiger partial charge in [-0.05, 0) is 35.1 Å². The van der Waals surface area contributed by atoms with Gasteiger partial charge in [-0.3, -0.25) is 14.1 Å². The molecule has 13 heteroatoms. The lowest BCUT2D eigenvalue weighted by molar-refractivity contribution is -0.123. The Bertz CT molecular complexity index is 1490. The lowest BCUT2D eigenvalue weighted by Crippen LogP contribution is -2.49. The molecule has 0 bridgehead atoms. The molecule has 39 heavy (non-hydrogen) atoms. The van der Waals surface area contributed by atoms with Crippen molar-refractivity contribution < 1.29 is 27.3 Å². The SMILES string of the molecule is COC(=O)N[C@@H](Cc1ccccc1)C(=O)N[C@@H](Cc1ccc(NS(=O)(=O)O)cc1)c1csc(-c2cc#cs2)n1. The Morgan fingerprint density at radius 3 is 2.41 bits per heavy atom. The van der Waals surface area contributed by atoms with Gasteiger partial charge in [0, 0.05) is 17.9 Å². The molecule has 0 aliphatic carbocycles. The molecule has 0 spiro atoms. The highest BCUT2D eigenvalue weighted by molar-refractivity contribution is 7.87. The van der Waals surface area contributed by atoms with Crippen molar-refractivity contribution in [1.29, 1.82) is 0 Å². The van der Waals surface area contributed by atoms with Crippen LogP contribution < -0.4 is 15.4 Å². The molecule has 10 nitrogen and oxygen atoms in total. The number of carbonyl (C=O) groups is 2. The van der Waals surface area contributed by atoms with Crippen molar-refractivity contribution in [1.82, 2.24) is 15.6 Å².